The summed E-state index contributed by atoms with van der Waals surface area (Å²) in [6.07, 6.45) is 2.20. The Morgan fingerprint density at radius 1 is 1.47 bits per heavy atom. The van der Waals surface area contributed by atoms with Gasteiger partial charge in [-0.05, 0) is 24.1 Å². The number of halogens is 2. The highest BCUT2D eigenvalue weighted by Gasteiger charge is 2.16. The average molecular weight is 283 g/mol. The van der Waals surface area contributed by atoms with Crippen LogP contribution < -0.4 is 0 Å². The summed E-state index contributed by atoms with van der Waals surface area (Å²) >= 11 is 5.63. The van der Waals surface area contributed by atoms with Crippen LogP contribution in [0.15, 0.2) is 24.4 Å². The van der Waals surface area contributed by atoms with Gasteiger partial charge in [-0.3, -0.25) is 4.68 Å². The van der Waals surface area contributed by atoms with E-state index in [0.29, 0.717) is 12.0 Å². The topological polar surface area (TPSA) is 38.0 Å². The first-order chi connectivity index (χ1) is 9.01. The van der Waals surface area contributed by atoms with E-state index in [9.17, 15) is 9.50 Å². The van der Waals surface area contributed by atoms with Gasteiger partial charge in [-0.2, -0.15) is 5.10 Å². The molecule has 0 aliphatic heterocycles. The van der Waals surface area contributed by atoms with E-state index in [0.717, 1.165) is 17.7 Å². The zero-order valence-electron chi connectivity index (χ0n) is 10.9. The van der Waals surface area contributed by atoms with Crippen LogP contribution in [0.1, 0.15) is 29.8 Å². The quantitative estimate of drug-likeness (QED) is 0.936. The molecule has 1 aromatic heterocycles. The van der Waals surface area contributed by atoms with Gasteiger partial charge in [0.25, 0.3) is 0 Å². The van der Waals surface area contributed by atoms with E-state index in [2.05, 4.69) is 5.10 Å². The summed E-state index contributed by atoms with van der Waals surface area (Å²) in [6.45, 7) is 1.99. The van der Waals surface area contributed by atoms with E-state index in [1.54, 1.807) is 16.9 Å². The minimum absolute atomic E-state index is 0.0915. The van der Waals surface area contributed by atoms with Crippen LogP contribution in [0.2, 0.25) is 5.02 Å². The van der Waals surface area contributed by atoms with Crippen molar-refractivity contribution in [2.24, 2.45) is 7.05 Å². The summed E-state index contributed by atoms with van der Waals surface area (Å²) < 4.78 is 15.0. The smallest absolute Gasteiger partial charge is 0.142 e. The molecule has 0 saturated heterocycles. The Kier molecular flexibility index (Phi) is 4.22. The molecule has 102 valence electrons. The van der Waals surface area contributed by atoms with Gasteiger partial charge in [0.2, 0.25) is 0 Å². The van der Waals surface area contributed by atoms with Crippen LogP contribution in [-0.4, -0.2) is 14.9 Å². The van der Waals surface area contributed by atoms with Crippen molar-refractivity contribution >= 4 is 11.6 Å². The second-order valence-corrected chi connectivity index (χ2v) is 4.93. The third-order valence-corrected chi connectivity index (χ3v) is 3.35. The van der Waals surface area contributed by atoms with Gasteiger partial charge < -0.3 is 5.11 Å². The molecule has 2 rings (SSSR count). The number of aromatic nitrogens is 2. The molecule has 0 saturated carbocycles. The Labute approximate surface area is 116 Å². The third kappa shape index (κ3) is 3.14. The summed E-state index contributed by atoms with van der Waals surface area (Å²) in [5.41, 5.74) is 2.37. The zero-order valence-corrected chi connectivity index (χ0v) is 11.7. The molecule has 5 heteroatoms. The number of nitrogens with zero attached hydrogens (tertiary/aromatic N) is 2. The van der Waals surface area contributed by atoms with E-state index >= 15 is 0 Å². The fraction of sp³-hybridized carbons (Fsp3) is 0.357. The lowest BCUT2D eigenvalue weighted by molar-refractivity contribution is 0.177. The average Bonchev–Trinajstić information content (AvgIpc) is 2.75. The van der Waals surface area contributed by atoms with Crippen molar-refractivity contribution in [3.05, 3.63) is 52.1 Å². The zero-order chi connectivity index (χ0) is 14.0. The molecular weight excluding hydrogens is 267 g/mol. The van der Waals surface area contributed by atoms with Gasteiger partial charge in [-0.25, -0.2) is 4.39 Å². The normalized spacial score (nSPS) is 12.7. The molecule has 0 aliphatic carbocycles. The van der Waals surface area contributed by atoms with Crippen molar-refractivity contribution in [1.82, 2.24) is 9.78 Å². The predicted molar refractivity (Wildman–Crippen MR) is 72.7 cm³/mol. The van der Waals surface area contributed by atoms with Gasteiger partial charge in [-0.15, -0.1) is 0 Å². The van der Waals surface area contributed by atoms with Gasteiger partial charge in [-0.1, -0.05) is 24.6 Å². The number of aliphatic hydroxyl groups excluding tert-OH is 1. The molecule has 0 aliphatic rings. The highest BCUT2D eigenvalue weighted by atomic mass is 35.5. The van der Waals surface area contributed by atoms with Gasteiger partial charge in [0, 0.05) is 25.2 Å². The SMILES string of the molecule is CCc1nn(C)cc1C(O)Cc1ccc(Cl)c(F)c1. The van der Waals surface area contributed by atoms with Gasteiger partial charge in [0.05, 0.1) is 16.8 Å². The van der Waals surface area contributed by atoms with Crippen LogP contribution >= 0.6 is 11.6 Å². The van der Waals surface area contributed by atoms with E-state index < -0.39 is 11.9 Å². The summed E-state index contributed by atoms with van der Waals surface area (Å²) in [5, 5.41) is 14.6. The summed E-state index contributed by atoms with van der Waals surface area (Å²) in [4.78, 5) is 0. The summed E-state index contributed by atoms with van der Waals surface area (Å²) in [6, 6.07) is 4.58. The van der Waals surface area contributed by atoms with Crippen molar-refractivity contribution in [3.63, 3.8) is 0 Å². The van der Waals surface area contributed by atoms with Crippen LogP contribution in [0.5, 0.6) is 0 Å². The molecule has 0 amide bonds. The Hall–Kier alpha value is -1.39. The second kappa shape index (κ2) is 5.72. The van der Waals surface area contributed by atoms with Crippen molar-refractivity contribution < 1.29 is 9.50 Å². The molecule has 0 bridgehead atoms. The summed E-state index contributed by atoms with van der Waals surface area (Å²) in [5.74, 6) is -0.465. The molecule has 0 fully saturated rings. The van der Waals surface area contributed by atoms with Gasteiger partial charge in [0.1, 0.15) is 5.82 Å². The van der Waals surface area contributed by atoms with E-state index in [-0.39, 0.29) is 5.02 Å². The fourth-order valence-corrected chi connectivity index (χ4v) is 2.22. The number of hydrogen-bond acceptors (Lipinski definition) is 2. The minimum Gasteiger partial charge on any atom is -0.388 e. The monoisotopic (exact) mass is 282 g/mol. The highest BCUT2D eigenvalue weighted by Crippen LogP contribution is 2.23. The number of hydrogen-bond donors (Lipinski definition) is 1. The largest absolute Gasteiger partial charge is 0.388 e. The number of rotatable bonds is 4. The number of aliphatic hydroxyl groups is 1. The van der Waals surface area contributed by atoms with Crippen molar-refractivity contribution in [2.45, 2.75) is 25.9 Å². The molecule has 19 heavy (non-hydrogen) atoms. The van der Waals surface area contributed by atoms with E-state index in [4.69, 9.17) is 11.6 Å². The molecule has 1 unspecified atom stereocenters. The minimum atomic E-state index is -0.691. The molecule has 1 aromatic carbocycles. The maximum Gasteiger partial charge on any atom is 0.142 e. The predicted octanol–water partition coefficient (Wildman–Crippen LogP) is 3.05. The lowest BCUT2D eigenvalue weighted by Gasteiger charge is -2.10. The number of benzene rings is 1. The summed E-state index contributed by atoms with van der Waals surface area (Å²) in [7, 11) is 1.82. The van der Waals surface area contributed by atoms with Crippen LogP contribution in [0.25, 0.3) is 0 Å². The first-order valence-electron chi connectivity index (χ1n) is 6.15. The highest BCUT2D eigenvalue weighted by molar-refractivity contribution is 6.30. The van der Waals surface area contributed by atoms with Crippen LogP contribution in [0, 0.1) is 5.82 Å². The van der Waals surface area contributed by atoms with Crippen molar-refractivity contribution in [2.75, 3.05) is 0 Å². The Bertz CT molecular complexity index is 583. The van der Waals surface area contributed by atoms with Crippen molar-refractivity contribution in [3.8, 4) is 0 Å². The first kappa shape index (κ1) is 14.0. The maximum atomic E-state index is 13.4. The Balaban J connectivity index is 2.20. The molecule has 1 heterocycles. The molecule has 0 spiro atoms. The number of aryl methyl sites for hydroxylation is 2. The molecular formula is C14H16ClFN2O. The van der Waals surface area contributed by atoms with E-state index in [1.807, 2.05) is 14.0 Å². The fourth-order valence-electron chi connectivity index (χ4n) is 2.11. The second-order valence-electron chi connectivity index (χ2n) is 4.53. The third-order valence-electron chi connectivity index (χ3n) is 3.04. The lowest BCUT2D eigenvalue weighted by atomic mass is 10.0. The van der Waals surface area contributed by atoms with Crippen LogP contribution in [-0.2, 0) is 19.9 Å². The van der Waals surface area contributed by atoms with E-state index in [1.165, 1.54) is 12.1 Å². The molecule has 2 aromatic rings. The molecule has 0 radical (unpaired) electrons. The molecule has 1 atom stereocenters. The van der Waals surface area contributed by atoms with Gasteiger partial charge in [0.15, 0.2) is 0 Å². The Morgan fingerprint density at radius 2 is 2.21 bits per heavy atom. The van der Waals surface area contributed by atoms with Crippen LogP contribution in [0.4, 0.5) is 4.39 Å². The van der Waals surface area contributed by atoms with Gasteiger partial charge >= 0.3 is 0 Å². The molecule has 3 nitrogen and oxygen atoms in total. The molecule has 1 N–H and O–H groups in total. The standard InChI is InChI=1S/C14H16ClFN2O/c1-3-13-10(8-18(2)17-13)14(19)7-9-4-5-11(15)12(16)6-9/h4-6,8,14,19H,3,7H2,1-2H3. The lowest BCUT2D eigenvalue weighted by Crippen LogP contribution is -2.04. The van der Waals surface area contributed by atoms with Crippen LogP contribution in [0.3, 0.4) is 0 Å². The maximum absolute atomic E-state index is 13.4. The Morgan fingerprint density at radius 3 is 2.84 bits per heavy atom. The first-order valence-corrected chi connectivity index (χ1v) is 6.53. The van der Waals surface area contributed by atoms with Crippen molar-refractivity contribution in [1.29, 1.82) is 0 Å².